The molecule has 0 unspecified atom stereocenters. The van der Waals surface area contributed by atoms with Gasteiger partial charge in [0.05, 0.1) is 22.3 Å². The van der Waals surface area contributed by atoms with E-state index in [4.69, 9.17) is 9.97 Å². The van der Waals surface area contributed by atoms with Crippen LogP contribution < -0.4 is 0 Å². The number of hydrogen-bond donors (Lipinski definition) is 1. The number of hydrogen-bond acceptors (Lipinski definition) is 3. The third kappa shape index (κ3) is 8.04. The van der Waals surface area contributed by atoms with Gasteiger partial charge in [-0.1, -0.05) is 173 Å². The van der Waals surface area contributed by atoms with Gasteiger partial charge in [-0.25, -0.2) is 4.98 Å². The van der Waals surface area contributed by atoms with Gasteiger partial charge >= 0.3 is 0 Å². The fourth-order valence-corrected chi connectivity index (χ4v) is 7.89. The van der Waals surface area contributed by atoms with Gasteiger partial charge in [0.15, 0.2) is 0 Å². The standard InChI is InChI=1S/C52H56N3O.Pt/c1-49(2,3)39-24-19-25-40(50(4,5)6)47(39)55-44-26-18-23-35(46(44)54-48(55)36-22-16-17-27-45(36)56)37-31-38(42(52(10,11)12)32-41(37)51(7,8)9)43-30-34(28-29-53-43)33-20-14-13-15-21-33;/h13-30,32,56H,1-12H3;/q-1;. The van der Waals surface area contributed by atoms with Crippen molar-refractivity contribution in [1.29, 1.82) is 0 Å². The Morgan fingerprint density at radius 3 is 1.67 bits per heavy atom. The summed E-state index contributed by atoms with van der Waals surface area (Å²) >= 11 is 0. The predicted octanol–water partition coefficient (Wildman–Crippen LogP) is 13.8. The van der Waals surface area contributed by atoms with Gasteiger partial charge < -0.3 is 5.11 Å². The summed E-state index contributed by atoms with van der Waals surface area (Å²) in [5.74, 6) is 0.896. The van der Waals surface area contributed by atoms with E-state index in [1.807, 2.05) is 30.5 Å². The van der Waals surface area contributed by atoms with Crippen molar-refractivity contribution >= 4 is 11.0 Å². The van der Waals surface area contributed by atoms with Gasteiger partial charge in [-0.15, -0.1) is 28.8 Å². The molecule has 0 aliphatic rings. The minimum atomic E-state index is -0.215. The molecule has 0 aliphatic heterocycles. The molecule has 57 heavy (non-hydrogen) atoms. The van der Waals surface area contributed by atoms with E-state index in [1.165, 1.54) is 22.3 Å². The Balaban J connectivity index is 0.00000549. The van der Waals surface area contributed by atoms with Crippen LogP contribution in [-0.4, -0.2) is 19.6 Å². The number of rotatable bonds is 5. The van der Waals surface area contributed by atoms with Crippen molar-refractivity contribution in [2.45, 2.75) is 105 Å². The molecule has 0 radical (unpaired) electrons. The minimum Gasteiger partial charge on any atom is -0.507 e. The Bertz CT molecular complexity index is 2540. The second kappa shape index (κ2) is 15.2. The van der Waals surface area contributed by atoms with Gasteiger partial charge in [-0.3, -0.25) is 9.55 Å². The van der Waals surface area contributed by atoms with E-state index in [0.29, 0.717) is 11.4 Å². The van der Waals surface area contributed by atoms with Crippen LogP contribution in [-0.2, 0) is 42.7 Å². The number of imidazole rings is 1. The van der Waals surface area contributed by atoms with Gasteiger partial charge in [0.1, 0.15) is 11.6 Å². The third-order valence-electron chi connectivity index (χ3n) is 10.8. The minimum absolute atomic E-state index is 0. The average molecular weight is 934 g/mol. The van der Waals surface area contributed by atoms with Crippen molar-refractivity contribution in [3.8, 4) is 56.3 Å². The third-order valence-corrected chi connectivity index (χ3v) is 10.8. The Labute approximate surface area is 354 Å². The van der Waals surface area contributed by atoms with Crippen LogP contribution in [0.25, 0.3) is 61.6 Å². The number of pyridine rings is 1. The molecule has 0 amide bonds. The van der Waals surface area contributed by atoms with Crippen LogP contribution >= 0.6 is 0 Å². The maximum Gasteiger partial charge on any atom is 0.148 e. The van der Waals surface area contributed by atoms with E-state index in [9.17, 15) is 5.11 Å². The van der Waals surface area contributed by atoms with Crippen molar-refractivity contribution in [2.75, 3.05) is 0 Å². The van der Waals surface area contributed by atoms with E-state index < -0.39 is 0 Å². The molecule has 0 fully saturated rings. The Morgan fingerprint density at radius 1 is 0.526 bits per heavy atom. The van der Waals surface area contributed by atoms with E-state index >= 15 is 0 Å². The first-order valence-corrected chi connectivity index (χ1v) is 19.8. The zero-order chi connectivity index (χ0) is 40.4. The molecule has 0 bridgehead atoms. The van der Waals surface area contributed by atoms with Crippen LogP contribution in [0.5, 0.6) is 5.75 Å². The number of phenolic OH excluding ortho intramolecular Hbond substituents is 1. The molecule has 0 aliphatic carbocycles. The van der Waals surface area contributed by atoms with Crippen molar-refractivity contribution in [2.24, 2.45) is 0 Å². The SMILES string of the molecule is CC(C)(C)c1cc(C(C)(C)C)c(-c2cccc3c2nc(-c2ccccc2O)n3-c2c(C(C)(C)C)cccc2C(C)(C)C)[c-]c1-c1cc(-c2ccccc2)ccn1.[Pt]. The molecule has 5 heteroatoms. The normalized spacial score (nSPS) is 12.5. The summed E-state index contributed by atoms with van der Waals surface area (Å²) in [6.07, 6.45) is 1.91. The summed E-state index contributed by atoms with van der Waals surface area (Å²) < 4.78 is 2.31. The number of para-hydroxylation sites is 3. The average Bonchev–Trinajstić information content (AvgIpc) is 3.52. The second-order valence-corrected chi connectivity index (χ2v) is 19.3. The van der Waals surface area contributed by atoms with Crippen molar-refractivity contribution in [3.05, 3.63) is 144 Å². The van der Waals surface area contributed by atoms with Crippen LogP contribution in [0, 0.1) is 6.07 Å². The quantitative estimate of drug-likeness (QED) is 0.175. The molecule has 296 valence electrons. The molecule has 2 aromatic heterocycles. The molecule has 0 saturated heterocycles. The second-order valence-electron chi connectivity index (χ2n) is 19.3. The maximum absolute atomic E-state index is 11.5. The number of benzene rings is 5. The van der Waals surface area contributed by atoms with Crippen LogP contribution in [0.15, 0.2) is 115 Å². The molecule has 5 aromatic carbocycles. The molecular formula is C52H56N3OPt-. The van der Waals surface area contributed by atoms with Gasteiger partial charge in [-0.2, -0.15) is 0 Å². The molecular weight excluding hydrogens is 878 g/mol. The number of aromatic nitrogens is 3. The van der Waals surface area contributed by atoms with Crippen LogP contribution in [0.1, 0.15) is 105 Å². The number of aromatic hydroxyl groups is 1. The number of nitrogens with zero attached hydrogens (tertiary/aromatic N) is 3. The molecule has 7 aromatic rings. The van der Waals surface area contributed by atoms with Crippen LogP contribution in [0.2, 0.25) is 0 Å². The fourth-order valence-electron chi connectivity index (χ4n) is 7.89. The number of fused-ring (bicyclic) bond motifs is 1. The summed E-state index contributed by atoms with van der Waals surface area (Å²) in [5, 5.41) is 11.5. The maximum atomic E-state index is 11.5. The largest absolute Gasteiger partial charge is 0.507 e. The van der Waals surface area contributed by atoms with E-state index in [2.05, 4.69) is 173 Å². The molecule has 2 heterocycles. The fraction of sp³-hybridized carbons (Fsp3) is 0.308. The van der Waals surface area contributed by atoms with Crippen molar-refractivity contribution in [3.63, 3.8) is 0 Å². The molecule has 0 saturated carbocycles. The predicted molar refractivity (Wildman–Crippen MR) is 236 cm³/mol. The molecule has 0 atom stereocenters. The molecule has 1 N–H and O–H groups in total. The first kappa shape index (κ1) is 41.8. The Hall–Kier alpha value is -4.79. The van der Waals surface area contributed by atoms with E-state index in [1.54, 1.807) is 6.07 Å². The zero-order valence-electron chi connectivity index (χ0n) is 35.6. The first-order chi connectivity index (χ1) is 26.2. The van der Waals surface area contributed by atoms with Crippen molar-refractivity contribution in [1.82, 2.24) is 14.5 Å². The van der Waals surface area contributed by atoms with E-state index in [0.717, 1.165) is 50.2 Å². The summed E-state index contributed by atoms with van der Waals surface area (Å²) in [5.41, 5.74) is 13.9. The summed E-state index contributed by atoms with van der Waals surface area (Å²) in [6.45, 7) is 27.3. The monoisotopic (exact) mass is 933 g/mol. The van der Waals surface area contributed by atoms with Gasteiger partial charge in [0.25, 0.3) is 0 Å². The zero-order valence-corrected chi connectivity index (χ0v) is 37.8. The summed E-state index contributed by atoms with van der Waals surface area (Å²) in [6, 6.07) is 41.9. The van der Waals surface area contributed by atoms with Crippen LogP contribution in [0.4, 0.5) is 0 Å². The van der Waals surface area contributed by atoms with Gasteiger partial charge in [0, 0.05) is 33.0 Å². The molecule has 7 rings (SSSR count). The summed E-state index contributed by atoms with van der Waals surface area (Å²) in [4.78, 5) is 10.6. The first-order valence-electron chi connectivity index (χ1n) is 19.8. The smallest absolute Gasteiger partial charge is 0.148 e. The molecule has 4 nitrogen and oxygen atoms in total. The number of phenols is 1. The summed E-state index contributed by atoms with van der Waals surface area (Å²) in [7, 11) is 0. The molecule has 0 spiro atoms. The Kier molecular flexibility index (Phi) is 11.1. The van der Waals surface area contributed by atoms with Crippen molar-refractivity contribution < 1.29 is 26.2 Å². The Morgan fingerprint density at radius 2 is 1.07 bits per heavy atom. The van der Waals surface area contributed by atoms with Gasteiger partial charge in [0.2, 0.25) is 0 Å². The topological polar surface area (TPSA) is 50.9 Å². The van der Waals surface area contributed by atoms with Crippen LogP contribution in [0.3, 0.4) is 0 Å². The van der Waals surface area contributed by atoms with Gasteiger partial charge in [-0.05, 0) is 68.2 Å². The van der Waals surface area contributed by atoms with E-state index in [-0.39, 0.29) is 48.5 Å².